The third-order valence-corrected chi connectivity index (χ3v) is 8.94. The second-order valence-corrected chi connectivity index (χ2v) is 10.4. The molecule has 1 aromatic rings. The summed E-state index contributed by atoms with van der Waals surface area (Å²) in [4.78, 5) is 24.0. The van der Waals surface area contributed by atoms with Gasteiger partial charge in [0.25, 0.3) is 0 Å². The van der Waals surface area contributed by atoms with Crippen LogP contribution in [0.3, 0.4) is 0 Å². The number of rotatable bonds is 2. The Labute approximate surface area is 191 Å². The van der Waals surface area contributed by atoms with Gasteiger partial charge in [0.1, 0.15) is 5.60 Å². The van der Waals surface area contributed by atoms with Crippen LogP contribution in [0, 0.1) is 29.1 Å². The largest absolute Gasteiger partial charge is 0.377 e. The Bertz CT molecular complexity index is 1110. The minimum Gasteiger partial charge on any atom is -0.377 e. The second kappa shape index (κ2) is 7.56. The smallest absolute Gasteiger partial charge is 0.159 e. The van der Waals surface area contributed by atoms with Crippen molar-refractivity contribution in [3.8, 4) is 11.8 Å². The molecule has 0 aliphatic heterocycles. The van der Waals surface area contributed by atoms with Crippen molar-refractivity contribution in [2.75, 3.05) is 0 Å². The van der Waals surface area contributed by atoms with Crippen molar-refractivity contribution >= 4 is 11.6 Å². The molecular weight excluding hydrogens is 396 g/mol. The zero-order valence-corrected chi connectivity index (χ0v) is 19.3. The molecule has 3 nitrogen and oxygen atoms in total. The van der Waals surface area contributed by atoms with Crippen LogP contribution in [-0.2, 0) is 4.79 Å². The number of ketones is 2. The van der Waals surface area contributed by atoms with Crippen molar-refractivity contribution in [2.45, 2.75) is 77.2 Å². The summed E-state index contributed by atoms with van der Waals surface area (Å²) in [5.74, 6) is 7.53. The van der Waals surface area contributed by atoms with Crippen LogP contribution < -0.4 is 0 Å². The van der Waals surface area contributed by atoms with E-state index in [1.807, 2.05) is 25.1 Å². The quantitative estimate of drug-likeness (QED) is 0.497. The van der Waals surface area contributed by atoms with E-state index in [2.05, 4.69) is 30.9 Å². The molecule has 0 spiro atoms. The fraction of sp³-hybridized carbons (Fsp3) is 0.517. The lowest BCUT2D eigenvalue weighted by Gasteiger charge is -2.53. The molecule has 3 heteroatoms. The molecule has 0 unspecified atom stereocenters. The van der Waals surface area contributed by atoms with Gasteiger partial charge < -0.3 is 5.11 Å². The van der Waals surface area contributed by atoms with Crippen molar-refractivity contribution < 1.29 is 14.7 Å². The molecule has 0 bridgehead atoms. The Balaban J connectivity index is 1.68. The first kappa shape index (κ1) is 21.4. The Morgan fingerprint density at radius 3 is 2.56 bits per heavy atom. The minimum absolute atomic E-state index is 0.0733. The third-order valence-electron chi connectivity index (χ3n) is 8.94. The van der Waals surface area contributed by atoms with Crippen molar-refractivity contribution in [2.24, 2.45) is 17.3 Å². The van der Waals surface area contributed by atoms with Crippen molar-refractivity contribution in [1.82, 2.24) is 0 Å². The summed E-state index contributed by atoms with van der Waals surface area (Å²) >= 11 is 0. The molecule has 0 aromatic heterocycles. The molecular formula is C29H32O3. The van der Waals surface area contributed by atoms with Crippen molar-refractivity contribution in [3.63, 3.8) is 0 Å². The van der Waals surface area contributed by atoms with Crippen LogP contribution in [-0.4, -0.2) is 22.3 Å². The SMILES string of the molecule is CC#C[C@@]1(O)CC[C@@H]2[C@@H]3CCC4=CC(=O)CCC4=C3[C@@H](c3ccc(C(C)=O)cc3)C[C@@]21C. The van der Waals surface area contributed by atoms with Gasteiger partial charge in [-0.15, -0.1) is 5.92 Å². The highest BCUT2D eigenvalue weighted by Crippen LogP contribution is 2.66. The monoisotopic (exact) mass is 428 g/mol. The van der Waals surface area contributed by atoms with E-state index >= 15 is 0 Å². The van der Waals surface area contributed by atoms with E-state index in [9.17, 15) is 14.7 Å². The van der Waals surface area contributed by atoms with E-state index < -0.39 is 5.60 Å². The minimum atomic E-state index is -0.959. The predicted octanol–water partition coefficient (Wildman–Crippen LogP) is 5.54. The van der Waals surface area contributed by atoms with E-state index in [1.54, 1.807) is 6.92 Å². The highest BCUT2D eigenvalue weighted by molar-refractivity contribution is 5.94. The highest BCUT2D eigenvalue weighted by Gasteiger charge is 2.62. The van der Waals surface area contributed by atoms with Gasteiger partial charge in [0.2, 0.25) is 0 Å². The summed E-state index contributed by atoms with van der Waals surface area (Å²) in [6.45, 7) is 5.67. The number of allylic oxidation sites excluding steroid dienone is 4. The van der Waals surface area contributed by atoms with Crippen LogP contribution in [0.5, 0.6) is 0 Å². The average Bonchev–Trinajstić information content (AvgIpc) is 3.03. The van der Waals surface area contributed by atoms with Gasteiger partial charge in [-0.05, 0) is 87.0 Å². The van der Waals surface area contributed by atoms with Crippen LogP contribution >= 0.6 is 0 Å². The highest BCUT2D eigenvalue weighted by atomic mass is 16.3. The molecule has 2 saturated carbocycles. The first-order chi connectivity index (χ1) is 15.3. The van der Waals surface area contributed by atoms with Gasteiger partial charge in [-0.25, -0.2) is 0 Å². The number of hydrogen-bond donors (Lipinski definition) is 1. The fourth-order valence-electron chi connectivity index (χ4n) is 7.33. The van der Waals surface area contributed by atoms with Crippen LogP contribution in [0.25, 0.3) is 0 Å². The standard InChI is InChI=1S/C29H32O3/c1-4-14-29(32)15-13-26-24-11-9-21-16-22(31)10-12-23(21)27(24)25(17-28(26,29)3)20-7-5-19(6-8-20)18(2)30/h5-8,16,24-26,32H,9-13,15,17H2,1-3H3/t24-,25+,26+,28-,29+/m0/s1. The van der Waals surface area contributed by atoms with Gasteiger partial charge in [-0.3, -0.25) is 9.59 Å². The maximum atomic E-state index is 12.1. The molecule has 4 aliphatic rings. The molecule has 5 atom stereocenters. The Morgan fingerprint density at radius 1 is 1.12 bits per heavy atom. The van der Waals surface area contributed by atoms with Crippen molar-refractivity contribution in [3.05, 3.63) is 58.2 Å². The number of Topliss-reactive ketones (excluding diaryl/α,β-unsaturated/α-hetero) is 1. The topological polar surface area (TPSA) is 54.4 Å². The molecule has 32 heavy (non-hydrogen) atoms. The molecule has 5 rings (SSSR count). The maximum absolute atomic E-state index is 12.1. The molecule has 0 saturated heterocycles. The van der Waals surface area contributed by atoms with E-state index in [4.69, 9.17) is 0 Å². The van der Waals surface area contributed by atoms with Gasteiger partial charge in [-0.1, -0.05) is 42.7 Å². The summed E-state index contributed by atoms with van der Waals surface area (Å²) in [5, 5.41) is 11.7. The first-order valence-electron chi connectivity index (χ1n) is 12.0. The van der Waals surface area contributed by atoms with E-state index in [1.165, 1.54) is 22.3 Å². The van der Waals surface area contributed by atoms with E-state index in [0.29, 0.717) is 18.3 Å². The zero-order valence-electron chi connectivity index (χ0n) is 19.3. The van der Waals surface area contributed by atoms with Crippen LogP contribution in [0.2, 0.25) is 0 Å². The molecule has 4 aliphatic carbocycles. The van der Waals surface area contributed by atoms with Crippen molar-refractivity contribution in [1.29, 1.82) is 0 Å². The second-order valence-electron chi connectivity index (χ2n) is 10.4. The molecule has 0 heterocycles. The average molecular weight is 429 g/mol. The number of hydrogen-bond acceptors (Lipinski definition) is 3. The number of aliphatic hydroxyl groups is 1. The Hall–Kier alpha value is -2.44. The van der Waals surface area contributed by atoms with E-state index in [-0.39, 0.29) is 22.9 Å². The van der Waals surface area contributed by atoms with Gasteiger partial charge in [-0.2, -0.15) is 0 Å². The van der Waals surface area contributed by atoms with Crippen LogP contribution in [0.1, 0.15) is 87.6 Å². The summed E-state index contributed by atoms with van der Waals surface area (Å²) in [5.41, 5.74) is 4.84. The maximum Gasteiger partial charge on any atom is 0.159 e. The Morgan fingerprint density at radius 2 is 1.88 bits per heavy atom. The fourth-order valence-corrected chi connectivity index (χ4v) is 7.33. The molecule has 166 valence electrons. The van der Waals surface area contributed by atoms with Gasteiger partial charge >= 0.3 is 0 Å². The van der Waals surface area contributed by atoms with Gasteiger partial charge in [0, 0.05) is 23.3 Å². The molecule has 1 aromatic carbocycles. The first-order valence-corrected chi connectivity index (χ1v) is 12.0. The predicted molar refractivity (Wildman–Crippen MR) is 125 cm³/mol. The lowest BCUT2D eigenvalue weighted by Crippen LogP contribution is -2.51. The number of carbonyl (C=O) groups excluding carboxylic acids is 2. The summed E-state index contributed by atoms with van der Waals surface area (Å²) in [7, 11) is 0. The molecule has 2 fully saturated rings. The summed E-state index contributed by atoms with van der Waals surface area (Å²) in [6, 6.07) is 8.06. The molecule has 0 amide bonds. The van der Waals surface area contributed by atoms with Gasteiger partial charge in [0.05, 0.1) is 0 Å². The lowest BCUT2D eigenvalue weighted by molar-refractivity contribution is -0.114. The van der Waals surface area contributed by atoms with E-state index in [0.717, 1.165) is 44.1 Å². The molecule has 0 radical (unpaired) electrons. The molecule has 1 N–H and O–H groups in total. The van der Waals surface area contributed by atoms with Gasteiger partial charge in [0.15, 0.2) is 11.6 Å². The third kappa shape index (κ3) is 3.07. The number of benzene rings is 1. The Kier molecular flexibility index (Phi) is 5.06. The zero-order chi connectivity index (χ0) is 22.7. The number of carbonyl (C=O) groups is 2. The summed E-state index contributed by atoms with van der Waals surface area (Å²) in [6.07, 6.45) is 7.88. The lowest BCUT2D eigenvalue weighted by atomic mass is 9.51. The number of fused-ring (bicyclic) bond motifs is 4. The van der Waals surface area contributed by atoms with Crippen LogP contribution in [0.15, 0.2) is 47.1 Å². The summed E-state index contributed by atoms with van der Waals surface area (Å²) < 4.78 is 0. The van der Waals surface area contributed by atoms with Crippen LogP contribution in [0.4, 0.5) is 0 Å². The normalized spacial score (nSPS) is 35.8.